The summed E-state index contributed by atoms with van der Waals surface area (Å²) in [7, 11) is 0. The summed E-state index contributed by atoms with van der Waals surface area (Å²) < 4.78 is 5.60. The molecule has 26 heavy (non-hydrogen) atoms. The second-order valence-electron chi connectivity index (χ2n) is 9.06. The van der Waals surface area contributed by atoms with Gasteiger partial charge in [0.2, 0.25) is 0 Å². The molecule has 3 atom stereocenters. The van der Waals surface area contributed by atoms with E-state index in [0.29, 0.717) is 18.0 Å². The van der Waals surface area contributed by atoms with Crippen LogP contribution < -0.4 is 5.32 Å². The summed E-state index contributed by atoms with van der Waals surface area (Å²) in [4.78, 5) is 14.5. The Balaban J connectivity index is 1.48. The Morgan fingerprint density at radius 3 is 2.85 bits per heavy atom. The quantitative estimate of drug-likeness (QED) is 0.799. The van der Waals surface area contributed by atoms with Gasteiger partial charge in [-0.25, -0.2) is 4.79 Å². The third kappa shape index (κ3) is 5.00. The van der Waals surface area contributed by atoms with Gasteiger partial charge in [-0.2, -0.15) is 0 Å². The van der Waals surface area contributed by atoms with Gasteiger partial charge < -0.3 is 15.0 Å². The lowest BCUT2D eigenvalue weighted by Crippen LogP contribution is -2.41. The predicted octanol–water partition coefficient (Wildman–Crippen LogP) is 4.59. The third-order valence-corrected chi connectivity index (χ3v) is 5.44. The molecule has 4 nitrogen and oxygen atoms in total. The van der Waals surface area contributed by atoms with Crippen LogP contribution in [0.15, 0.2) is 35.5 Å². The first kappa shape index (κ1) is 19.2. The van der Waals surface area contributed by atoms with E-state index in [0.717, 1.165) is 45.2 Å². The number of amides is 1. The molecule has 1 saturated heterocycles. The van der Waals surface area contributed by atoms with Crippen molar-refractivity contribution in [1.82, 2.24) is 10.2 Å². The summed E-state index contributed by atoms with van der Waals surface area (Å²) in [6.45, 7) is 9.79. The molecule has 3 aliphatic rings. The number of carbonyl (C=O) groups is 1. The SMILES string of the molecule is CC1CC(CCNC2CC3=CC=CCC=C3C2)N(C(=O)OC(C)(C)C)C1. The van der Waals surface area contributed by atoms with E-state index in [2.05, 4.69) is 36.5 Å². The molecule has 0 radical (unpaired) electrons. The minimum atomic E-state index is -0.430. The highest BCUT2D eigenvalue weighted by molar-refractivity contribution is 5.69. The number of ether oxygens (including phenoxy) is 1. The smallest absolute Gasteiger partial charge is 0.410 e. The lowest BCUT2D eigenvalue weighted by atomic mass is 10.1. The maximum absolute atomic E-state index is 12.5. The zero-order chi connectivity index (χ0) is 18.7. The minimum Gasteiger partial charge on any atom is -0.444 e. The van der Waals surface area contributed by atoms with E-state index in [-0.39, 0.29) is 6.09 Å². The van der Waals surface area contributed by atoms with Crippen molar-refractivity contribution >= 4 is 6.09 Å². The first-order chi connectivity index (χ1) is 12.3. The largest absolute Gasteiger partial charge is 0.444 e. The molecule has 2 aliphatic carbocycles. The highest BCUT2D eigenvalue weighted by Crippen LogP contribution is 2.33. The summed E-state index contributed by atoms with van der Waals surface area (Å²) in [5, 5.41) is 3.72. The van der Waals surface area contributed by atoms with Crippen LogP contribution in [-0.2, 0) is 4.74 Å². The average molecular weight is 359 g/mol. The van der Waals surface area contributed by atoms with Gasteiger partial charge in [-0.1, -0.05) is 31.2 Å². The monoisotopic (exact) mass is 358 g/mol. The summed E-state index contributed by atoms with van der Waals surface area (Å²) in [5.74, 6) is 0.549. The van der Waals surface area contributed by atoms with Crippen LogP contribution in [0.2, 0.25) is 0 Å². The van der Waals surface area contributed by atoms with Crippen LogP contribution >= 0.6 is 0 Å². The van der Waals surface area contributed by atoms with Crippen molar-refractivity contribution in [3.8, 4) is 0 Å². The van der Waals surface area contributed by atoms with Crippen molar-refractivity contribution in [2.45, 2.75) is 77.5 Å². The molecule has 1 heterocycles. The molecule has 4 heteroatoms. The Morgan fingerprint density at radius 1 is 1.31 bits per heavy atom. The maximum atomic E-state index is 12.5. The first-order valence-electron chi connectivity index (χ1n) is 10.1. The topological polar surface area (TPSA) is 41.6 Å². The van der Waals surface area contributed by atoms with Gasteiger partial charge in [0.1, 0.15) is 5.60 Å². The van der Waals surface area contributed by atoms with Gasteiger partial charge in [0.15, 0.2) is 0 Å². The minimum absolute atomic E-state index is 0.155. The molecule has 144 valence electrons. The van der Waals surface area contributed by atoms with Gasteiger partial charge >= 0.3 is 6.09 Å². The van der Waals surface area contributed by atoms with Crippen LogP contribution in [0.5, 0.6) is 0 Å². The molecule has 3 unspecified atom stereocenters. The van der Waals surface area contributed by atoms with E-state index in [9.17, 15) is 4.79 Å². The highest BCUT2D eigenvalue weighted by atomic mass is 16.6. The van der Waals surface area contributed by atoms with Crippen molar-refractivity contribution in [2.75, 3.05) is 13.1 Å². The van der Waals surface area contributed by atoms with E-state index in [1.165, 1.54) is 11.1 Å². The summed E-state index contributed by atoms with van der Waals surface area (Å²) >= 11 is 0. The standard InChI is InChI=1S/C22H34N2O2/c1-16-12-20(24(15-16)21(25)26-22(2,3)4)10-11-23-19-13-17-8-6-5-7-9-18(17)14-19/h5-6,8-9,16,19-20,23H,7,10-15H2,1-4H3. The van der Waals surface area contributed by atoms with Gasteiger partial charge in [0.25, 0.3) is 0 Å². The second-order valence-corrected chi connectivity index (χ2v) is 9.06. The Morgan fingerprint density at radius 2 is 2.08 bits per heavy atom. The van der Waals surface area contributed by atoms with E-state index in [1.54, 1.807) is 0 Å². The zero-order valence-electron chi connectivity index (χ0n) is 16.8. The molecule has 0 aromatic heterocycles. The fourth-order valence-electron chi connectivity index (χ4n) is 4.30. The summed E-state index contributed by atoms with van der Waals surface area (Å²) in [6, 6.07) is 0.827. The normalized spacial score (nSPS) is 28.5. The molecule has 1 saturated carbocycles. The van der Waals surface area contributed by atoms with Crippen molar-refractivity contribution in [3.05, 3.63) is 35.5 Å². The van der Waals surface area contributed by atoms with Crippen molar-refractivity contribution in [3.63, 3.8) is 0 Å². The molecule has 1 aliphatic heterocycles. The Hall–Kier alpha value is -1.55. The third-order valence-electron chi connectivity index (χ3n) is 5.44. The van der Waals surface area contributed by atoms with Crippen molar-refractivity contribution in [1.29, 1.82) is 0 Å². The predicted molar refractivity (Wildman–Crippen MR) is 106 cm³/mol. The molecule has 0 spiro atoms. The average Bonchev–Trinajstić information content (AvgIpc) is 3.02. The van der Waals surface area contributed by atoms with E-state index >= 15 is 0 Å². The van der Waals surface area contributed by atoms with Gasteiger partial charge in [-0.3, -0.25) is 0 Å². The van der Waals surface area contributed by atoms with E-state index in [1.807, 2.05) is 25.7 Å². The fourth-order valence-corrected chi connectivity index (χ4v) is 4.30. The van der Waals surface area contributed by atoms with Crippen LogP contribution in [0.4, 0.5) is 4.79 Å². The molecule has 0 aromatic carbocycles. The number of hydrogen-bond donors (Lipinski definition) is 1. The van der Waals surface area contributed by atoms with Gasteiger partial charge in [0, 0.05) is 18.6 Å². The molecule has 3 rings (SSSR count). The van der Waals surface area contributed by atoms with Crippen LogP contribution in [0.1, 0.15) is 59.8 Å². The summed E-state index contributed by atoms with van der Waals surface area (Å²) in [5.41, 5.74) is 2.57. The van der Waals surface area contributed by atoms with Crippen molar-refractivity contribution < 1.29 is 9.53 Å². The highest BCUT2D eigenvalue weighted by Gasteiger charge is 2.35. The molecule has 0 bridgehead atoms. The van der Waals surface area contributed by atoms with Crippen molar-refractivity contribution in [2.24, 2.45) is 5.92 Å². The van der Waals surface area contributed by atoms with E-state index in [4.69, 9.17) is 4.74 Å². The van der Waals surface area contributed by atoms with Gasteiger partial charge in [-0.05, 0) is 76.5 Å². The molecular weight excluding hydrogens is 324 g/mol. The van der Waals surface area contributed by atoms with Crippen LogP contribution in [0.3, 0.4) is 0 Å². The Kier molecular flexibility index (Phi) is 5.91. The van der Waals surface area contributed by atoms with Crippen LogP contribution in [0, 0.1) is 5.92 Å². The van der Waals surface area contributed by atoms with Crippen LogP contribution in [-0.4, -0.2) is 41.8 Å². The maximum Gasteiger partial charge on any atom is 0.410 e. The number of nitrogens with zero attached hydrogens (tertiary/aromatic N) is 1. The molecule has 0 aromatic rings. The molecule has 2 fully saturated rings. The lowest BCUT2D eigenvalue weighted by Gasteiger charge is -2.29. The first-order valence-corrected chi connectivity index (χ1v) is 10.1. The number of hydrogen-bond acceptors (Lipinski definition) is 3. The van der Waals surface area contributed by atoms with E-state index < -0.39 is 5.60 Å². The second kappa shape index (κ2) is 7.99. The number of likely N-dealkylation sites (tertiary alicyclic amines) is 1. The van der Waals surface area contributed by atoms with Gasteiger partial charge in [-0.15, -0.1) is 0 Å². The molecular formula is C22H34N2O2. The number of fused-ring (bicyclic) bond motifs is 1. The molecule has 1 amide bonds. The number of nitrogens with one attached hydrogen (secondary N) is 1. The zero-order valence-corrected chi connectivity index (χ0v) is 16.8. The van der Waals surface area contributed by atoms with Gasteiger partial charge in [0.05, 0.1) is 0 Å². The Labute approximate surface area is 158 Å². The Bertz CT molecular complexity index is 612. The number of rotatable bonds is 4. The molecule has 1 N–H and O–H groups in total. The lowest BCUT2D eigenvalue weighted by molar-refractivity contribution is 0.0216. The van der Waals surface area contributed by atoms with Crippen LogP contribution in [0.25, 0.3) is 0 Å². The number of carbonyl (C=O) groups excluding carboxylic acids is 1. The summed E-state index contributed by atoms with van der Waals surface area (Å²) in [6.07, 6.45) is 14.2. The fraction of sp³-hybridized carbons (Fsp3) is 0.682. The number of allylic oxidation sites excluding steroid dienone is 4.